The second-order valence-corrected chi connectivity index (χ2v) is 21.8. The first-order valence-electron chi connectivity index (χ1n) is 22.6. The Morgan fingerprint density at radius 3 is 1.79 bits per heavy atom. The van der Waals surface area contributed by atoms with Gasteiger partial charge in [0, 0.05) is 26.1 Å². The third kappa shape index (κ3) is 15.6. The van der Waals surface area contributed by atoms with E-state index in [1.165, 1.54) is 18.9 Å². The van der Waals surface area contributed by atoms with Crippen LogP contribution in [0.1, 0.15) is 103 Å². The van der Waals surface area contributed by atoms with Gasteiger partial charge in [0.1, 0.15) is 64.3 Å². The molecular formula is C44H76N6O17. The van der Waals surface area contributed by atoms with Crippen LogP contribution in [-0.4, -0.2) is 189 Å². The minimum Gasteiger partial charge on any atom is -0.466 e. The lowest BCUT2D eigenvalue weighted by atomic mass is 9.82. The molecule has 23 heteroatoms. The number of ether oxygens (including phenoxy) is 8. The molecule has 4 rings (SSSR count). The molecule has 1 aliphatic carbocycles. The zero-order valence-electron chi connectivity index (χ0n) is 41.3. The molecule has 0 radical (unpaired) electrons. The molecule has 67 heavy (non-hydrogen) atoms. The third-order valence-corrected chi connectivity index (χ3v) is 10.8. The van der Waals surface area contributed by atoms with Crippen molar-refractivity contribution in [2.45, 2.75) is 198 Å². The number of amides is 5. The first-order valence-corrected chi connectivity index (χ1v) is 22.6. The van der Waals surface area contributed by atoms with Gasteiger partial charge in [-0.2, -0.15) is 0 Å². The largest absolute Gasteiger partial charge is 0.466 e. The number of nitrogens with one attached hydrogen (secondary N) is 3. The summed E-state index contributed by atoms with van der Waals surface area (Å²) < 4.78 is 46.8. The van der Waals surface area contributed by atoms with Crippen molar-refractivity contribution in [3.05, 3.63) is 11.8 Å². The molecule has 2 saturated heterocycles. The fourth-order valence-corrected chi connectivity index (χ4v) is 7.93. The van der Waals surface area contributed by atoms with Crippen LogP contribution in [0.15, 0.2) is 11.8 Å². The van der Waals surface area contributed by atoms with E-state index in [2.05, 4.69) is 16.0 Å². The number of hydrogen-bond donors (Lipinski definition) is 8. The van der Waals surface area contributed by atoms with Crippen molar-refractivity contribution in [3.8, 4) is 0 Å². The van der Waals surface area contributed by atoms with Gasteiger partial charge < -0.3 is 89.8 Å². The lowest BCUT2D eigenvalue weighted by molar-refractivity contribution is -0.311. The Morgan fingerprint density at radius 1 is 0.791 bits per heavy atom. The number of aliphatic hydroxyl groups is 4. The van der Waals surface area contributed by atoms with Crippen molar-refractivity contribution in [2.24, 2.45) is 11.7 Å². The Balaban J connectivity index is 1.73. The highest BCUT2D eigenvalue weighted by atomic mass is 16.7. The number of alkyl carbamates (subject to hydrolysis) is 2. The highest BCUT2D eigenvalue weighted by Gasteiger charge is 2.55. The number of aliphatic hydroxyl groups excluding tert-OH is 3. The van der Waals surface area contributed by atoms with Crippen LogP contribution in [0.4, 0.5) is 19.2 Å². The maximum atomic E-state index is 14.0. The van der Waals surface area contributed by atoms with Crippen LogP contribution in [0, 0.1) is 5.92 Å². The molecule has 3 fully saturated rings. The molecule has 3 heterocycles. The highest BCUT2D eigenvalue weighted by Crippen LogP contribution is 2.35. The maximum absolute atomic E-state index is 14.0. The molecule has 4 aliphatic rings. The number of carbonyl (C=O) groups excluding carboxylic acids is 5. The molecule has 23 nitrogen and oxygen atoms in total. The molecular weight excluding hydrogens is 885 g/mol. The number of hydrogen-bond acceptors (Lipinski definition) is 18. The lowest BCUT2D eigenvalue weighted by Crippen LogP contribution is -2.71. The monoisotopic (exact) mass is 961 g/mol. The van der Waals surface area contributed by atoms with Crippen LogP contribution in [0.3, 0.4) is 0 Å². The normalized spacial score (nSPS) is 31.1. The van der Waals surface area contributed by atoms with Crippen LogP contribution in [0.25, 0.3) is 0 Å². The summed E-state index contributed by atoms with van der Waals surface area (Å²) in [7, 11) is 1.32. The fourth-order valence-electron chi connectivity index (χ4n) is 7.93. The summed E-state index contributed by atoms with van der Waals surface area (Å²) in [4.78, 5) is 68.7. The van der Waals surface area contributed by atoms with E-state index >= 15 is 0 Å². The highest BCUT2D eigenvalue weighted by molar-refractivity contribution is 5.82. The Bertz CT molecular complexity index is 1780. The molecule has 3 aliphatic heterocycles. The van der Waals surface area contributed by atoms with Gasteiger partial charge in [0.15, 0.2) is 6.29 Å². The first kappa shape index (κ1) is 55.4. The summed E-state index contributed by atoms with van der Waals surface area (Å²) in [5.41, 5.74) is 0.503. The summed E-state index contributed by atoms with van der Waals surface area (Å²) in [6.45, 7) is 20.8. The second kappa shape index (κ2) is 21.2. The Morgan fingerprint density at radius 2 is 1.28 bits per heavy atom. The zero-order chi connectivity index (χ0) is 50.8. The molecule has 0 aromatic carbocycles. The van der Waals surface area contributed by atoms with Crippen molar-refractivity contribution in [3.63, 3.8) is 0 Å². The minimum atomic E-state index is -1.87. The smallest absolute Gasteiger partial charge is 0.410 e. The summed E-state index contributed by atoms with van der Waals surface area (Å²) in [6, 6.07) is -4.90. The molecule has 0 spiro atoms. The molecule has 0 aromatic rings. The molecule has 0 aromatic heterocycles. The second-order valence-electron chi connectivity index (χ2n) is 21.8. The number of nitrogens with zero attached hydrogens (tertiary/aromatic N) is 2. The van der Waals surface area contributed by atoms with Crippen molar-refractivity contribution < 1.29 is 82.3 Å². The van der Waals surface area contributed by atoms with Crippen molar-refractivity contribution in [1.29, 1.82) is 0 Å². The van der Waals surface area contributed by atoms with E-state index in [-0.39, 0.29) is 38.2 Å². The summed E-state index contributed by atoms with van der Waals surface area (Å²) >= 11 is 0. The molecule has 384 valence electrons. The van der Waals surface area contributed by atoms with Gasteiger partial charge in [0.25, 0.3) is 0 Å². The van der Waals surface area contributed by atoms with Crippen molar-refractivity contribution in [1.82, 2.24) is 25.8 Å². The lowest BCUT2D eigenvalue weighted by Gasteiger charge is -2.50. The van der Waals surface area contributed by atoms with Gasteiger partial charge in [-0.05, 0) is 109 Å². The van der Waals surface area contributed by atoms with E-state index in [1.54, 1.807) is 89.2 Å². The number of nitrogens with two attached hydrogens (primary N) is 1. The molecule has 0 bridgehead atoms. The molecule has 1 unspecified atom stereocenters. The number of carbonyl (C=O) groups is 5. The summed E-state index contributed by atoms with van der Waals surface area (Å²) in [5, 5.41) is 55.3. The van der Waals surface area contributed by atoms with E-state index in [1.807, 2.05) is 0 Å². The van der Waals surface area contributed by atoms with Crippen LogP contribution in [0.5, 0.6) is 0 Å². The van der Waals surface area contributed by atoms with Crippen LogP contribution in [-0.2, 0) is 42.7 Å². The zero-order valence-corrected chi connectivity index (χ0v) is 41.3. The molecule has 9 N–H and O–H groups in total. The molecule has 1 saturated carbocycles. The van der Waals surface area contributed by atoms with Gasteiger partial charge in [0.05, 0.1) is 37.3 Å². The average Bonchev–Trinajstić information content (AvgIpc) is 3.12. The molecule has 12 atom stereocenters. The number of rotatable bonds is 11. The first-order chi connectivity index (χ1) is 30.6. The standard InChI is InChI=1S/C44H76N6O17/c1-40(2,3)64-36(55)47-24-16-15-23(18-45)61-34(24)62-31-26(48-37(56)65-41(4,5)6)17-25(46-33(54)27(51)22-19-50(20-22)39(58)67-43(10,11)12)30(28(31)52)63-35-29(53)32(44(13,59)21-60-35)49(14)38(57)66-42(7,8)9/h15,22,24-32,34-35,51-53,59H,16-21,45H2,1-14H3,(H,46,54)(H,47,55)(H,48,56)/t24-,25-,26+,27?,28-,29-,30+,31-,32-,34-,35-,44+/m1/s1. The topological polar surface area (TPSA) is 309 Å². The Kier molecular flexibility index (Phi) is 17.5. The Hall–Kier alpha value is -4.23. The van der Waals surface area contributed by atoms with E-state index < -0.39 is 138 Å². The van der Waals surface area contributed by atoms with E-state index in [0.29, 0.717) is 0 Å². The van der Waals surface area contributed by atoms with Gasteiger partial charge in [-0.15, -0.1) is 0 Å². The summed E-state index contributed by atoms with van der Waals surface area (Å²) in [5.74, 6) is -1.36. The van der Waals surface area contributed by atoms with Crippen LogP contribution >= 0.6 is 0 Å². The van der Waals surface area contributed by atoms with Gasteiger partial charge in [-0.1, -0.05) is 0 Å². The van der Waals surface area contributed by atoms with E-state index in [4.69, 9.17) is 43.6 Å². The maximum Gasteiger partial charge on any atom is 0.410 e. The third-order valence-electron chi connectivity index (χ3n) is 10.8. The average molecular weight is 961 g/mol. The van der Waals surface area contributed by atoms with Gasteiger partial charge in [-0.3, -0.25) is 4.79 Å². The SMILES string of the molecule is CN(C(=O)OC(C)(C)C)[C@@H]1[C@@H](O)[C@@H](O[C@@H]2[C@@H](O)[C@H](O[C@H]3OC(CN)=CC[C@H]3NC(=O)OC(C)(C)C)[C@@H](NC(=O)OC(C)(C)C)C[C@H]2NC(=O)C(O)C2CN(C(=O)OC(C)(C)C)C2)OC[C@]1(C)O. The quantitative estimate of drug-likeness (QED) is 0.135. The Labute approximate surface area is 392 Å². The van der Waals surface area contributed by atoms with Crippen LogP contribution < -0.4 is 21.7 Å². The van der Waals surface area contributed by atoms with E-state index in [9.17, 15) is 44.4 Å². The van der Waals surface area contributed by atoms with E-state index in [0.717, 1.165) is 4.90 Å². The minimum absolute atomic E-state index is 0.0107. The number of likely N-dealkylation sites (N-methyl/N-ethyl adjacent to an activating group) is 1. The van der Waals surface area contributed by atoms with Gasteiger partial charge >= 0.3 is 24.4 Å². The van der Waals surface area contributed by atoms with Crippen molar-refractivity contribution >= 4 is 30.3 Å². The van der Waals surface area contributed by atoms with Crippen LogP contribution in [0.2, 0.25) is 0 Å². The predicted molar refractivity (Wildman–Crippen MR) is 237 cm³/mol. The number of likely N-dealkylation sites (tertiary alicyclic amines) is 1. The summed E-state index contributed by atoms with van der Waals surface area (Å²) in [6.07, 6.45) is -13.3. The fraction of sp³-hybridized carbons (Fsp3) is 0.841. The predicted octanol–water partition coefficient (Wildman–Crippen LogP) is 1.31. The molecule has 5 amide bonds. The van der Waals surface area contributed by atoms with Gasteiger partial charge in [-0.25, -0.2) is 19.2 Å². The van der Waals surface area contributed by atoms with Crippen molar-refractivity contribution in [2.75, 3.05) is 33.3 Å². The van der Waals surface area contributed by atoms with Gasteiger partial charge in [0.2, 0.25) is 12.2 Å².